The minimum absolute atomic E-state index is 0.0735. The summed E-state index contributed by atoms with van der Waals surface area (Å²) in [6, 6.07) is 0. The molecule has 0 spiro atoms. The highest BCUT2D eigenvalue weighted by Crippen LogP contribution is 1.93. The van der Waals surface area contributed by atoms with Gasteiger partial charge in [-0.2, -0.15) is 0 Å². The van der Waals surface area contributed by atoms with E-state index in [1.54, 1.807) is 0 Å². The van der Waals surface area contributed by atoms with Crippen molar-refractivity contribution in [1.82, 2.24) is 0 Å². The quantitative estimate of drug-likeness (QED) is 0.586. The predicted molar refractivity (Wildman–Crippen MR) is 39.3 cm³/mol. The first-order valence-corrected chi connectivity index (χ1v) is 5.03. The van der Waals surface area contributed by atoms with E-state index in [1.807, 2.05) is 0 Å². The molecule has 0 aromatic heterocycles. The van der Waals surface area contributed by atoms with Gasteiger partial charge in [0.15, 0.2) is 9.84 Å². The highest BCUT2D eigenvalue weighted by Gasteiger charge is 2.06. The number of hydrogen-bond donors (Lipinski definition) is 0. The van der Waals surface area contributed by atoms with Crippen molar-refractivity contribution in [2.75, 3.05) is 17.4 Å². The van der Waals surface area contributed by atoms with Crippen molar-refractivity contribution in [2.24, 2.45) is 0 Å². The Morgan fingerprint density at radius 1 is 1.33 bits per heavy atom. The third kappa shape index (κ3) is 4.73. The van der Waals surface area contributed by atoms with E-state index >= 15 is 0 Å². The fourth-order valence-electron chi connectivity index (χ4n) is 0.440. The normalized spacial score (nSPS) is 11.8. The van der Waals surface area contributed by atoms with Gasteiger partial charge in [-0.3, -0.25) is 0 Å². The van der Waals surface area contributed by atoms with Crippen LogP contribution in [0.4, 0.5) is 0 Å². The minimum atomic E-state index is -2.88. The summed E-state index contributed by atoms with van der Waals surface area (Å²) in [5.74, 6) is 0.409. The van der Waals surface area contributed by atoms with Crippen LogP contribution in [0, 0.1) is 6.92 Å². The fraction of sp³-hybridized carbons (Fsp3) is 0.800. The zero-order valence-corrected chi connectivity index (χ0v) is 6.71. The van der Waals surface area contributed by atoms with Gasteiger partial charge in [-0.05, 0) is 6.42 Å². The molecule has 0 atom stereocenters. The Labute approximate surface area is 61.1 Å². The minimum Gasteiger partial charge on any atom is -0.229 e. The highest BCUT2D eigenvalue weighted by atomic mass is 35.5. The SMILES string of the molecule is [CH2]CCS(=O)(=O)CCCl. The van der Waals surface area contributed by atoms with Gasteiger partial charge in [0.05, 0.1) is 11.5 Å². The molecule has 0 aliphatic rings. The topological polar surface area (TPSA) is 34.1 Å². The molecule has 0 aromatic carbocycles. The largest absolute Gasteiger partial charge is 0.229 e. The maximum Gasteiger partial charge on any atom is 0.151 e. The van der Waals surface area contributed by atoms with E-state index in [-0.39, 0.29) is 17.4 Å². The van der Waals surface area contributed by atoms with Gasteiger partial charge in [-0.1, -0.05) is 6.92 Å². The lowest BCUT2D eigenvalue weighted by atomic mass is 10.6. The lowest BCUT2D eigenvalue weighted by molar-refractivity contribution is 0.597. The van der Waals surface area contributed by atoms with Crippen LogP contribution in [0.3, 0.4) is 0 Å². The van der Waals surface area contributed by atoms with E-state index in [2.05, 4.69) is 6.92 Å². The Bertz CT molecular complexity index is 138. The molecule has 0 saturated carbocycles. The zero-order chi connectivity index (χ0) is 7.33. The van der Waals surface area contributed by atoms with Crippen molar-refractivity contribution in [3.05, 3.63) is 6.92 Å². The molecule has 1 radical (unpaired) electrons. The number of rotatable bonds is 4. The highest BCUT2D eigenvalue weighted by molar-refractivity contribution is 7.91. The molecule has 9 heavy (non-hydrogen) atoms. The monoisotopic (exact) mass is 169 g/mol. The maximum absolute atomic E-state index is 10.7. The second kappa shape index (κ2) is 4.12. The molecule has 0 fully saturated rings. The molecular formula is C5H10ClO2S. The smallest absolute Gasteiger partial charge is 0.151 e. The van der Waals surface area contributed by atoms with Gasteiger partial charge in [0.25, 0.3) is 0 Å². The van der Waals surface area contributed by atoms with Crippen LogP contribution in [0.25, 0.3) is 0 Å². The molecule has 55 valence electrons. The van der Waals surface area contributed by atoms with E-state index in [4.69, 9.17) is 11.6 Å². The first-order valence-electron chi connectivity index (χ1n) is 2.68. The van der Waals surface area contributed by atoms with Gasteiger partial charge in [-0.25, -0.2) is 8.42 Å². The van der Waals surface area contributed by atoms with Crippen LogP contribution in [-0.2, 0) is 9.84 Å². The first kappa shape index (κ1) is 9.24. The van der Waals surface area contributed by atoms with Crippen molar-refractivity contribution in [2.45, 2.75) is 6.42 Å². The summed E-state index contributed by atoms with van der Waals surface area (Å²) in [6.07, 6.45) is 0.430. The molecule has 0 heterocycles. The maximum atomic E-state index is 10.7. The van der Waals surface area contributed by atoms with Crippen molar-refractivity contribution < 1.29 is 8.42 Å². The average Bonchev–Trinajstić information content (AvgIpc) is 1.64. The van der Waals surface area contributed by atoms with E-state index in [0.717, 1.165) is 0 Å². The molecule has 0 aromatic rings. The molecule has 0 saturated heterocycles. The lowest BCUT2D eigenvalue weighted by Crippen LogP contribution is -2.11. The molecule has 0 aliphatic heterocycles. The second-order valence-electron chi connectivity index (χ2n) is 1.69. The van der Waals surface area contributed by atoms with Gasteiger partial charge in [-0.15, -0.1) is 11.6 Å². The first-order chi connectivity index (χ1) is 4.12. The third-order valence-corrected chi connectivity index (χ3v) is 2.99. The van der Waals surface area contributed by atoms with Gasteiger partial charge in [0.1, 0.15) is 0 Å². The summed E-state index contributed by atoms with van der Waals surface area (Å²) < 4.78 is 21.4. The number of sulfone groups is 1. The number of alkyl halides is 1. The van der Waals surface area contributed by atoms with E-state index < -0.39 is 9.84 Å². The van der Waals surface area contributed by atoms with Gasteiger partial charge in [0, 0.05) is 5.88 Å². The van der Waals surface area contributed by atoms with E-state index in [1.165, 1.54) is 0 Å². The number of halogens is 1. The van der Waals surface area contributed by atoms with E-state index in [9.17, 15) is 8.42 Å². The summed E-state index contributed by atoms with van der Waals surface area (Å²) in [7, 11) is -2.88. The molecule has 0 unspecified atom stereocenters. The lowest BCUT2D eigenvalue weighted by Gasteiger charge is -1.96. The number of hydrogen-bond acceptors (Lipinski definition) is 2. The van der Waals surface area contributed by atoms with Crippen molar-refractivity contribution in [3.8, 4) is 0 Å². The van der Waals surface area contributed by atoms with Crippen LogP contribution < -0.4 is 0 Å². The molecule has 0 bridgehead atoms. The van der Waals surface area contributed by atoms with Crippen molar-refractivity contribution in [3.63, 3.8) is 0 Å². The molecule has 4 heteroatoms. The van der Waals surface area contributed by atoms with Gasteiger partial charge < -0.3 is 0 Å². The Hall–Kier alpha value is 0.240. The average molecular weight is 170 g/mol. The van der Waals surface area contributed by atoms with Crippen LogP contribution in [0.2, 0.25) is 0 Å². The fourth-order valence-corrected chi connectivity index (χ4v) is 2.02. The van der Waals surface area contributed by atoms with Crippen molar-refractivity contribution in [1.29, 1.82) is 0 Å². The molecule has 0 aliphatic carbocycles. The van der Waals surface area contributed by atoms with Gasteiger partial charge in [0.2, 0.25) is 0 Å². The second-order valence-corrected chi connectivity index (χ2v) is 4.38. The third-order valence-electron chi connectivity index (χ3n) is 0.843. The molecule has 0 rings (SSSR count). The summed E-state index contributed by atoms with van der Waals surface area (Å²) >= 11 is 5.22. The summed E-state index contributed by atoms with van der Waals surface area (Å²) in [6.45, 7) is 3.43. The predicted octanol–water partition coefficient (Wildman–Crippen LogP) is 0.864. The van der Waals surface area contributed by atoms with Gasteiger partial charge >= 0.3 is 0 Å². The van der Waals surface area contributed by atoms with E-state index in [0.29, 0.717) is 6.42 Å². The van der Waals surface area contributed by atoms with Crippen LogP contribution in [0.1, 0.15) is 6.42 Å². The van der Waals surface area contributed by atoms with Crippen LogP contribution in [0.5, 0.6) is 0 Å². The van der Waals surface area contributed by atoms with Crippen molar-refractivity contribution >= 4 is 21.4 Å². The Morgan fingerprint density at radius 2 is 1.89 bits per heavy atom. The summed E-state index contributed by atoms with van der Waals surface area (Å²) in [4.78, 5) is 0. The molecule has 2 nitrogen and oxygen atoms in total. The zero-order valence-electron chi connectivity index (χ0n) is 5.14. The molecular weight excluding hydrogens is 160 g/mol. The summed E-state index contributed by atoms with van der Waals surface area (Å²) in [5.41, 5.74) is 0. The molecule has 0 amide bonds. The van der Waals surface area contributed by atoms with Crippen LogP contribution >= 0.6 is 11.6 Å². The summed E-state index contributed by atoms with van der Waals surface area (Å²) in [5, 5.41) is 0. The van der Waals surface area contributed by atoms with Crippen LogP contribution in [0.15, 0.2) is 0 Å². The Balaban J connectivity index is 3.73. The molecule has 0 N–H and O–H groups in total. The Kier molecular flexibility index (Phi) is 4.23. The standard InChI is InChI=1S/C5H10ClO2S/c1-2-4-9(7,8)5-3-6/h1-5H2. The van der Waals surface area contributed by atoms with Crippen LogP contribution in [-0.4, -0.2) is 25.8 Å². The Morgan fingerprint density at radius 3 is 2.22 bits per heavy atom.